The van der Waals surface area contributed by atoms with Gasteiger partial charge in [-0.2, -0.15) is 0 Å². The summed E-state index contributed by atoms with van der Waals surface area (Å²) < 4.78 is 10.5. The topological polar surface area (TPSA) is 85.4 Å². The lowest BCUT2D eigenvalue weighted by Gasteiger charge is -2.19. The largest absolute Gasteiger partial charge is 0.444 e. The quantitative estimate of drug-likeness (QED) is 0.808. The third-order valence-electron chi connectivity index (χ3n) is 3.10. The molecule has 1 unspecified atom stereocenters. The summed E-state index contributed by atoms with van der Waals surface area (Å²) in [5, 5.41) is 5.77. The Morgan fingerprint density at radius 3 is 2.95 bits per heavy atom. The fourth-order valence-electron chi connectivity index (χ4n) is 2.11. The number of alkyl carbamates (subject to hydrolysis) is 1. The van der Waals surface area contributed by atoms with Crippen LogP contribution in [0.25, 0.3) is 0 Å². The van der Waals surface area contributed by atoms with Gasteiger partial charge in [-0.25, -0.2) is 14.8 Å². The molecule has 1 amide bonds. The smallest absolute Gasteiger partial charge is 0.407 e. The lowest BCUT2D eigenvalue weighted by molar-refractivity contribution is 0.0530. The van der Waals surface area contributed by atoms with Gasteiger partial charge in [0.05, 0.1) is 12.3 Å². The van der Waals surface area contributed by atoms with Gasteiger partial charge in [-0.05, 0) is 33.3 Å². The van der Waals surface area contributed by atoms with Gasteiger partial charge in [0.15, 0.2) is 0 Å². The molecule has 7 heteroatoms. The zero-order valence-corrected chi connectivity index (χ0v) is 13.4. The second-order valence-electron chi connectivity index (χ2n) is 6.22. The molecular weight excluding hydrogens is 284 g/mol. The predicted molar refractivity (Wildman–Crippen MR) is 82.9 cm³/mol. The van der Waals surface area contributed by atoms with E-state index >= 15 is 0 Å². The molecule has 1 aliphatic rings. The molecule has 0 radical (unpaired) electrons. The Labute approximate surface area is 130 Å². The van der Waals surface area contributed by atoms with Crippen LogP contribution in [-0.2, 0) is 9.47 Å². The average Bonchev–Trinajstić information content (AvgIpc) is 2.96. The number of ether oxygens (including phenoxy) is 2. The van der Waals surface area contributed by atoms with Gasteiger partial charge in [-0.3, -0.25) is 0 Å². The zero-order chi connectivity index (χ0) is 16.0. The number of hydrogen-bond donors (Lipinski definition) is 2. The number of carbonyl (C=O) groups is 1. The van der Waals surface area contributed by atoms with Gasteiger partial charge in [-0.15, -0.1) is 0 Å². The third kappa shape index (κ3) is 5.48. The number of nitrogens with one attached hydrogen (secondary N) is 2. The second-order valence-corrected chi connectivity index (χ2v) is 6.22. The van der Waals surface area contributed by atoms with Crippen LogP contribution in [0.5, 0.6) is 0 Å². The molecule has 1 aromatic heterocycles. The highest BCUT2D eigenvalue weighted by molar-refractivity contribution is 5.67. The Morgan fingerprint density at radius 2 is 2.27 bits per heavy atom. The molecule has 1 saturated heterocycles. The minimum Gasteiger partial charge on any atom is -0.444 e. The SMILES string of the molecule is CC(C)(C)OC(=O)NCCNc1nccc(C2CCOC2)n1. The summed E-state index contributed by atoms with van der Waals surface area (Å²) in [7, 11) is 0. The van der Waals surface area contributed by atoms with Crippen LogP contribution in [0.3, 0.4) is 0 Å². The monoisotopic (exact) mass is 308 g/mol. The van der Waals surface area contributed by atoms with Crippen molar-refractivity contribution in [3.63, 3.8) is 0 Å². The predicted octanol–water partition coefficient (Wildman–Crippen LogP) is 1.92. The molecule has 2 heterocycles. The zero-order valence-electron chi connectivity index (χ0n) is 13.4. The maximum absolute atomic E-state index is 11.5. The number of rotatable bonds is 5. The summed E-state index contributed by atoms with van der Waals surface area (Å²) in [6.45, 7) is 7.97. The van der Waals surface area contributed by atoms with Crippen molar-refractivity contribution < 1.29 is 14.3 Å². The average molecular weight is 308 g/mol. The van der Waals surface area contributed by atoms with E-state index in [1.807, 2.05) is 26.8 Å². The summed E-state index contributed by atoms with van der Waals surface area (Å²) in [4.78, 5) is 20.2. The van der Waals surface area contributed by atoms with Crippen molar-refractivity contribution in [3.05, 3.63) is 18.0 Å². The van der Waals surface area contributed by atoms with Crippen molar-refractivity contribution in [2.45, 2.75) is 38.7 Å². The highest BCUT2D eigenvalue weighted by Gasteiger charge is 2.19. The fraction of sp³-hybridized carbons (Fsp3) is 0.667. The number of carbonyl (C=O) groups excluding carboxylic acids is 1. The molecule has 1 aliphatic heterocycles. The first-order chi connectivity index (χ1) is 10.4. The van der Waals surface area contributed by atoms with E-state index in [2.05, 4.69) is 20.6 Å². The normalized spacial score (nSPS) is 18.0. The van der Waals surface area contributed by atoms with E-state index in [-0.39, 0.29) is 0 Å². The van der Waals surface area contributed by atoms with Crippen LogP contribution in [0, 0.1) is 0 Å². The molecular formula is C15H24N4O3. The number of amides is 1. The lowest BCUT2D eigenvalue weighted by Crippen LogP contribution is -2.35. The van der Waals surface area contributed by atoms with E-state index < -0.39 is 11.7 Å². The molecule has 1 aromatic rings. The van der Waals surface area contributed by atoms with Crippen LogP contribution in [0.2, 0.25) is 0 Å². The van der Waals surface area contributed by atoms with Crippen molar-refractivity contribution in [3.8, 4) is 0 Å². The van der Waals surface area contributed by atoms with Crippen LogP contribution >= 0.6 is 0 Å². The lowest BCUT2D eigenvalue weighted by atomic mass is 10.1. The van der Waals surface area contributed by atoms with Gasteiger partial charge in [0, 0.05) is 31.8 Å². The van der Waals surface area contributed by atoms with Crippen molar-refractivity contribution in [1.29, 1.82) is 0 Å². The van der Waals surface area contributed by atoms with Gasteiger partial charge in [0.25, 0.3) is 0 Å². The molecule has 22 heavy (non-hydrogen) atoms. The number of nitrogens with zero attached hydrogens (tertiary/aromatic N) is 2. The van der Waals surface area contributed by atoms with E-state index in [0.29, 0.717) is 25.0 Å². The number of aromatic nitrogens is 2. The summed E-state index contributed by atoms with van der Waals surface area (Å²) in [5.41, 5.74) is 0.508. The molecule has 122 valence electrons. The first-order valence-corrected chi connectivity index (χ1v) is 7.55. The maximum Gasteiger partial charge on any atom is 0.407 e. The Hall–Kier alpha value is -1.89. The number of hydrogen-bond acceptors (Lipinski definition) is 6. The van der Waals surface area contributed by atoms with E-state index in [9.17, 15) is 4.79 Å². The first kappa shape index (κ1) is 16.5. The van der Waals surface area contributed by atoms with Gasteiger partial charge in [-0.1, -0.05) is 0 Å². The molecule has 7 nitrogen and oxygen atoms in total. The minimum absolute atomic E-state index is 0.350. The second kappa shape index (κ2) is 7.40. The molecule has 0 bridgehead atoms. The van der Waals surface area contributed by atoms with Gasteiger partial charge < -0.3 is 20.1 Å². The van der Waals surface area contributed by atoms with E-state index in [1.165, 1.54) is 0 Å². The van der Waals surface area contributed by atoms with Crippen molar-refractivity contribution in [2.75, 3.05) is 31.6 Å². The van der Waals surface area contributed by atoms with Crippen LogP contribution in [0.1, 0.15) is 38.8 Å². The molecule has 2 rings (SSSR count). The standard InChI is InChI=1S/C15H24N4O3/c1-15(2,3)22-14(20)18-8-7-17-13-16-6-4-12(19-13)11-5-9-21-10-11/h4,6,11H,5,7-10H2,1-3H3,(H,18,20)(H,16,17,19). The van der Waals surface area contributed by atoms with Crippen LogP contribution in [0.4, 0.5) is 10.7 Å². The van der Waals surface area contributed by atoms with Gasteiger partial charge in [0.2, 0.25) is 5.95 Å². The highest BCUT2D eigenvalue weighted by atomic mass is 16.6. The Kier molecular flexibility index (Phi) is 5.54. The third-order valence-corrected chi connectivity index (χ3v) is 3.10. The summed E-state index contributed by atoms with van der Waals surface area (Å²) in [6, 6.07) is 1.92. The first-order valence-electron chi connectivity index (χ1n) is 7.55. The van der Waals surface area contributed by atoms with Crippen molar-refractivity contribution >= 4 is 12.0 Å². The van der Waals surface area contributed by atoms with Crippen LogP contribution < -0.4 is 10.6 Å². The van der Waals surface area contributed by atoms with Crippen molar-refractivity contribution in [1.82, 2.24) is 15.3 Å². The molecule has 0 aromatic carbocycles. The Morgan fingerprint density at radius 1 is 1.45 bits per heavy atom. The fourth-order valence-corrected chi connectivity index (χ4v) is 2.11. The van der Waals surface area contributed by atoms with E-state index in [4.69, 9.17) is 9.47 Å². The molecule has 2 N–H and O–H groups in total. The highest BCUT2D eigenvalue weighted by Crippen LogP contribution is 2.23. The molecule has 0 saturated carbocycles. The van der Waals surface area contributed by atoms with E-state index in [1.54, 1.807) is 6.20 Å². The molecule has 0 aliphatic carbocycles. The van der Waals surface area contributed by atoms with Gasteiger partial charge in [0.1, 0.15) is 5.60 Å². The van der Waals surface area contributed by atoms with E-state index in [0.717, 1.165) is 25.3 Å². The number of anilines is 1. The van der Waals surface area contributed by atoms with Crippen molar-refractivity contribution in [2.24, 2.45) is 0 Å². The molecule has 1 atom stereocenters. The molecule has 1 fully saturated rings. The summed E-state index contributed by atoms with van der Waals surface area (Å²) >= 11 is 0. The Bertz CT molecular complexity index is 496. The maximum atomic E-state index is 11.5. The Balaban J connectivity index is 1.73. The van der Waals surface area contributed by atoms with Gasteiger partial charge >= 0.3 is 6.09 Å². The summed E-state index contributed by atoms with van der Waals surface area (Å²) in [6.07, 6.45) is 2.31. The van der Waals surface area contributed by atoms with Crippen LogP contribution in [0.15, 0.2) is 12.3 Å². The minimum atomic E-state index is -0.488. The van der Waals surface area contributed by atoms with Crippen LogP contribution in [-0.4, -0.2) is 48.0 Å². The molecule has 0 spiro atoms. The summed E-state index contributed by atoms with van der Waals surface area (Å²) in [5.74, 6) is 0.916.